The highest BCUT2D eigenvalue weighted by Gasteiger charge is 2.23. The number of thiazole rings is 1. The third-order valence-electron chi connectivity index (χ3n) is 3.50. The zero-order chi connectivity index (χ0) is 14.7. The Labute approximate surface area is 127 Å². The SMILES string of the molecule is COCCNCc1csc(N2CCc3ccc(F)cc32)n1. The highest BCUT2D eigenvalue weighted by Crippen LogP contribution is 2.36. The van der Waals surface area contributed by atoms with Crippen LogP contribution >= 0.6 is 11.3 Å². The molecule has 0 bridgehead atoms. The second-order valence-electron chi connectivity index (χ2n) is 4.97. The van der Waals surface area contributed by atoms with Crippen LogP contribution in [0.5, 0.6) is 0 Å². The van der Waals surface area contributed by atoms with Crippen LogP contribution in [0.3, 0.4) is 0 Å². The number of methoxy groups -OCH3 is 1. The average Bonchev–Trinajstić information content (AvgIpc) is 3.09. The van der Waals surface area contributed by atoms with E-state index in [9.17, 15) is 4.39 Å². The highest BCUT2D eigenvalue weighted by molar-refractivity contribution is 7.13. The van der Waals surface area contributed by atoms with Gasteiger partial charge in [0.1, 0.15) is 5.82 Å². The summed E-state index contributed by atoms with van der Waals surface area (Å²) in [7, 11) is 1.69. The van der Waals surface area contributed by atoms with Crippen LogP contribution in [0.1, 0.15) is 11.3 Å². The number of nitrogens with one attached hydrogen (secondary N) is 1. The van der Waals surface area contributed by atoms with E-state index in [4.69, 9.17) is 4.74 Å². The number of benzene rings is 1. The van der Waals surface area contributed by atoms with Crippen LogP contribution in [-0.2, 0) is 17.7 Å². The number of nitrogens with zero attached hydrogens (tertiary/aromatic N) is 2. The number of ether oxygens (including phenoxy) is 1. The second-order valence-corrected chi connectivity index (χ2v) is 5.80. The highest BCUT2D eigenvalue weighted by atomic mass is 32.1. The Bertz CT molecular complexity index is 617. The van der Waals surface area contributed by atoms with Crippen molar-refractivity contribution < 1.29 is 9.13 Å². The molecule has 21 heavy (non-hydrogen) atoms. The van der Waals surface area contributed by atoms with Crippen molar-refractivity contribution in [3.05, 3.63) is 40.7 Å². The standard InChI is InChI=1S/C15H18FN3OS/c1-20-7-5-17-9-13-10-21-15(18-13)19-6-4-11-2-3-12(16)8-14(11)19/h2-3,8,10,17H,4-7,9H2,1H3. The largest absolute Gasteiger partial charge is 0.383 e. The number of fused-ring (bicyclic) bond motifs is 1. The minimum absolute atomic E-state index is 0.196. The van der Waals surface area contributed by atoms with E-state index in [1.807, 2.05) is 11.4 Å². The molecule has 0 fully saturated rings. The molecule has 6 heteroatoms. The van der Waals surface area contributed by atoms with E-state index in [0.29, 0.717) is 6.61 Å². The zero-order valence-electron chi connectivity index (χ0n) is 11.9. The summed E-state index contributed by atoms with van der Waals surface area (Å²) in [6, 6.07) is 4.99. The monoisotopic (exact) mass is 307 g/mol. The molecule has 0 radical (unpaired) electrons. The molecular formula is C15H18FN3OS. The van der Waals surface area contributed by atoms with Gasteiger partial charge in [0.2, 0.25) is 0 Å². The molecule has 2 aromatic rings. The molecule has 1 aliphatic rings. The molecule has 112 valence electrons. The zero-order valence-corrected chi connectivity index (χ0v) is 12.8. The number of anilines is 2. The topological polar surface area (TPSA) is 37.4 Å². The van der Waals surface area contributed by atoms with Crippen LogP contribution in [0.25, 0.3) is 0 Å². The number of rotatable bonds is 6. The summed E-state index contributed by atoms with van der Waals surface area (Å²) in [6.45, 7) is 3.09. The lowest BCUT2D eigenvalue weighted by Gasteiger charge is -2.15. The maximum atomic E-state index is 13.4. The van der Waals surface area contributed by atoms with E-state index < -0.39 is 0 Å². The van der Waals surface area contributed by atoms with Crippen molar-refractivity contribution >= 4 is 22.2 Å². The quantitative estimate of drug-likeness (QED) is 0.833. The van der Waals surface area contributed by atoms with E-state index in [1.165, 1.54) is 11.6 Å². The molecule has 1 aromatic carbocycles. The molecule has 0 spiro atoms. The Kier molecular flexibility index (Phi) is 4.48. The number of hydrogen-bond donors (Lipinski definition) is 1. The van der Waals surface area contributed by atoms with Gasteiger partial charge in [-0.1, -0.05) is 6.07 Å². The lowest BCUT2D eigenvalue weighted by Crippen LogP contribution is -2.19. The summed E-state index contributed by atoms with van der Waals surface area (Å²) in [5.74, 6) is -0.196. The van der Waals surface area contributed by atoms with Crippen molar-refractivity contribution in [3.8, 4) is 0 Å². The molecule has 2 heterocycles. The van der Waals surface area contributed by atoms with Gasteiger partial charge >= 0.3 is 0 Å². The molecule has 1 N–H and O–H groups in total. The fourth-order valence-electron chi connectivity index (χ4n) is 2.44. The molecule has 0 saturated carbocycles. The molecule has 0 aliphatic carbocycles. The lowest BCUT2D eigenvalue weighted by molar-refractivity contribution is 0.199. The van der Waals surface area contributed by atoms with Crippen molar-refractivity contribution in [1.82, 2.24) is 10.3 Å². The van der Waals surface area contributed by atoms with Crippen molar-refractivity contribution in [2.45, 2.75) is 13.0 Å². The van der Waals surface area contributed by atoms with Gasteiger partial charge in [0.05, 0.1) is 12.3 Å². The maximum absolute atomic E-state index is 13.4. The Morgan fingerprint density at radius 3 is 3.24 bits per heavy atom. The Balaban J connectivity index is 1.69. The van der Waals surface area contributed by atoms with E-state index in [0.717, 1.165) is 42.6 Å². The van der Waals surface area contributed by atoms with Crippen LogP contribution < -0.4 is 10.2 Å². The van der Waals surface area contributed by atoms with Crippen LogP contribution in [0, 0.1) is 5.82 Å². The first-order valence-electron chi connectivity index (χ1n) is 6.98. The summed E-state index contributed by atoms with van der Waals surface area (Å²) in [6.07, 6.45) is 0.941. The minimum Gasteiger partial charge on any atom is -0.383 e. The summed E-state index contributed by atoms with van der Waals surface area (Å²) < 4.78 is 18.4. The lowest BCUT2D eigenvalue weighted by atomic mass is 10.2. The minimum atomic E-state index is -0.196. The van der Waals surface area contributed by atoms with Gasteiger partial charge < -0.3 is 15.0 Å². The van der Waals surface area contributed by atoms with Crippen LogP contribution in [0.2, 0.25) is 0 Å². The molecular weight excluding hydrogens is 289 g/mol. The second kappa shape index (κ2) is 6.51. The molecule has 1 aliphatic heterocycles. The van der Waals surface area contributed by atoms with Crippen LogP contribution in [0.15, 0.2) is 23.6 Å². The number of aromatic nitrogens is 1. The fraction of sp³-hybridized carbons (Fsp3) is 0.400. The van der Waals surface area contributed by atoms with E-state index in [2.05, 4.69) is 15.2 Å². The number of hydrogen-bond acceptors (Lipinski definition) is 5. The molecule has 0 amide bonds. The van der Waals surface area contributed by atoms with Crippen molar-refractivity contribution in [1.29, 1.82) is 0 Å². The summed E-state index contributed by atoms with van der Waals surface area (Å²) in [5, 5.41) is 6.26. The average molecular weight is 307 g/mol. The Morgan fingerprint density at radius 1 is 1.48 bits per heavy atom. The molecule has 0 unspecified atom stereocenters. The van der Waals surface area contributed by atoms with Crippen LogP contribution in [-0.4, -0.2) is 31.8 Å². The first kappa shape index (κ1) is 14.4. The van der Waals surface area contributed by atoms with Gasteiger partial charge in [-0.3, -0.25) is 0 Å². The smallest absolute Gasteiger partial charge is 0.190 e. The van der Waals surface area contributed by atoms with Crippen molar-refractivity contribution in [2.24, 2.45) is 0 Å². The van der Waals surface area contributed by atoms with Crippen molar-refractivity contribution in [2.75, 3.05) is 31.7 Å². The number of halogens is 1. The van der Waals surface area contributed by atoms with E-state index in [1.54, 1.807) is 24.5 Å². The molecule has 0 saturated heterocycles. The first-order valence-corrected chi connectivity index (χ1v) is 7.86. The van der Waals surface area contributed by atoms with Gasteiger partial charge in [-0.25, -0.2) is 9.37 Å². The van der Waals surface area contributed by atoms with Gasteiger partial charge in [-0.15, -0.1) is 11.3 Å². The predicted octanol–water partition coefficient (Wildman–Crippen LogP) is 2.71. The van der Waals surface area contributed by atoms with E-state index >= 15 is 0 Å². The fourth-order valence-corrected chi connectivity index (χ4v) is 3.31. The Morgan fingerprint density at radius 2 is 2.38 bits per heavy atom. The third kappa shape index (κ3) is 3.23. The Hall–Kier alpha value is -1.50. The predicted molar refractivity (Wildman–Crippen MR) is 82.8 cm³/mol. The molecule has 3 rings (SSSR count). The first-order chi connectivity index (χ1) is 10.3. The van der Waals surface area contributed by atoms with Gasteiger partial charge in [0.15, 0.2) is 5.13 Å². The van der Waals surface area contributed by atoms with Gasteiger partial charge in [-0.2, -0.15) is 0 Å². The summed E-state index contributed by atoms with van der Waals surface area (Å²) >= 11 is 1.60. The van der Waals surface area contributed by atoms with Gasteiger partial charge in [0.25, 0.3) is 0 Å². The molecule has 1 aromatic heterocycles. The normalized spacial score (nSPS) is 13.7. The van der Waals surface area contributed by atoms with Gasteiger partial charge in [0, 0.05) is 37.8 Å². The van der Waals surface area contributed by atoms with E-state index in [-0.39, 0.29) is 5.82 Å². The summed E-state index contributed by atoms with van der Waals surface area (Å²) in [5.41, 5.74) is 3.14. The van der Waals surface area contributed by atoms with Gasteiger partial charge in [-0.05, 0) is 24.1 Å². The molecule has 4 nitrogen and oxygen atoms in total. The summed E-state index contributed by atoms with van der Waals surface area (Å²) in [4.78, 5) is 6.74. The van der Waals surface area contributed by atoms with Crippen molar-refractivity contribution in [3.63, 3.8) is 0 Å². The molecule has 0 atom stereocenters. The van der Waals surface area contributed by atoms with Crippen LogP contribution in [0.4, 0.5) is 15.2 Å². The maximum Gasteiger partial charge on any atom is 0.190 e. The third-order valence-corrected chi connectivity index (χ3v) is 4.41.